The highest BCUT2D eigenvalue weighted by Crippen LogP contribution is 2.35. The van der Waals surface area contributed by atoms with Gasteiger partial charge in [-0.2, -0.15) is 0 Å². The predicted octanol–water partition coefficient (Wildman–Crippen LogP) is 5.07. The lowest BCUT2D eigenvalue weighted by Gasteiger charge is -2.10. The molecule has 0 spiro atoms. The summed E-state index contributed by atoms with van der Waals surface area (Å²) in [4.78, 5) is 23.5. The van der Waals surface area contributed by atoms with Crippen LogP contribution in [-0.4, -0.2) is 13.1 Å². The molecule has 146 valence electrons. The Balaban J connectivity index is 1.66. The average Bonchev–Trinajstić information content (AvgIpc) is 3.21. The highest BCUT2D eigenvalue weighted by atomic mass is 35.5. The van der Waals surface area contributed by atoms with E-state index in [1.165, 1.54) is 25.5 Å². The number of carbonyl (C=O) groups excluding carboxylic acids is 1. The number of ether oxygens (including phenoxy) is 2. The first-order valence-electron chi connectivity index (χ1n) is 8.66. The summed E-state index contributed by atoms with van der Waals surface area (Å²) in [6.45, 7) is 0.105. The zero-order valence-electron chi connectivity index (χ0n) is 15.3. The minimum atomic E-state index is -0.574. The lowest BCUT2D eigenvalue weighted by molar-refractivity contribution is 0.0565. The summed E-state index contributed by atoms with van der Waals surface area (Å²) >= 11 is 6.40. The Kier molecular flexibility index (Phi) is 5.10. The molecule has 0 aliphatic heterocycles. The molecular formula is C22H15ClO6. The third-order valence-corrected chi connectivity index (χ3v) is 4.61. The second-order valence-electron chi connectivity index (χ2n) is 6.22. The molecular weight excluding hydrogens is 396 g/mol. The Morgan fingerprint density at radius 1 is 1.10 bits per heavy atom. The molecule has 2 aromatic carbocycles. The SMILES string of the molecule is COC(=O)c1cc(COc2cc3oc(=O)cc(-c4ccccc4)c3cc2Cl)co1. The summed E-state index contributed by atoms with van der Waals surface area (Å²) in [5.74, 6) is -0.155. The second kappa shape index (κ2) is 7.85. The van der Waals surface area contributed by atoms with E-state index in [0.717, 1.165) is 11.1 Å². The van der Waals surface area contributed by atoms with Crippen LogP contribution in [0.1, 0.15) is 16.1 Å². The standard InChI is InChI=1S/C22H15ClO6/c1-26-22(25)20-7-13(12-28-20)11-27-19-10-18-16(8-17(19)23)15(9-21(24)29-18)14-5-3-2-4-6-14/h2-10,12H,11H2,1H3. The number of rotatable bonds is 5. The number of fused-ring (bicyclic) bond motifs is 1. The van der Waals surface area contributed by atoms with Crippen molar-refractivity contribution >= 4 is 28.5 Å². The zero-order valence-corrected chi connectivity index (χ0v) is 16.1. The van der Waals surface area contributed by atoms with Crippen LogP contribution in [0.5, 0.6) is 5.75 Å². The summed E-state index contributed by atoms with van der Waals surface area (Å²) in [5.41, 5.74) is 2.12. The maximum Gasteiger partial charge on any atom is 0.373 e. The molecule has 2 aromatic heterocycles. The normalized spacial score (nSPS) is 10.8. The van der Waals surface area contributed by atoms with Crippen molar-refractivity contribution in [3.05, 3.63) is 87.6 Å². The van der Waals surface area contributed by atoms with Crippen molar-refractivity contribution < 1.29 is 23.1 Å². The van der Waals surface area contributed by atoms with Crippen molar-refractivity contribution in [3.63, 3.8) is 0 Å². The van der Waals surface area contributed by atoms with Gasteiger partial charge in [0.05, 0.1) is 18.4 Å². The number of benzene rings is 2. The molecule has 4 aromatic rings. The Hall–Kier alpha value is -3.51. The molecule has 0 atom stereocenters. The Bertz CT molecular complexity index is 1240. The van der Waals surface area contributed by atoms with Gasteiger partial charge in [0.15, 0.2) is 0 Å². The van der Waals surface area contributed by atoms with Gasteiger partial charge in [-0.05, 0) is 23.3 Å². The summed E-state index contributed by atoms with van der Waals surface area (Å²) < 4.78 is 20.8. The van der Waals surface area contributed by atoms with E-state index >= 15 is 0 Å². The van der Waals surface area contributed by atoms with Crippen molar-refractivity contribution in [3.8, 4) is 16.9 Å². The third-order valence-electron chi connectivity index (χ3n) is 4.32. The molecule has 6 nitrogen and oxygen atoms in total. The fraction of sp³-hybridized carbons (Fsp3) is 0.0909. The molecule has 0 N–H and O–H groups in total. The average molecular weight is 411 g/mol. The van der Waals surface area contributed by atoms with Crippen LogP contribution >= 0.6 is 11.6 Å². The van der Waals surface area contributed by atoms with Crippen LogP contribution in [0.2, 0.25) is 5.02 Å². The van der Waals surface area contributed by atoms with Gasteiger partial charge in [-0.15, -0.1) is 0 Å². The predicted molar refractivity (Wildman–Crippen MR) is 107 cm³/mol. The minimum Gasteiger partial charge on any atom is -0.487 e. The molecule has 0 aliphatic rings. The molecule has 0 saturated carbocycles. The summed E-state index contributed by atoms with van der Waals surface area (Å²) in [6, 6.07) is 15.7. The van der Waals surface area contributed by atoms with Gasteiger partial charge in [0, 0.05) is 23.1 Å². The minimum absolute atomic E-state index is 0.0780. The van der Waals surface area contributed by atoms with Crippen molar-refractivity contribution in [1.82, 2.24) is 0 Å². The first-order valence-corrected chi connectivity index (χ1v) is 9.04. The fourth-order valence-electron chi connectivity index (χ4n) is 2.95. The third kappa shape index (κ3) is 3.88. The van der Waals surface area contributed by atoms with Gasteiger partial charge >= 0.3 is 11.6 Å². The van der Waals surface area contributed by atoms with Gasteiger partial charge in [0.25, 0.3) is 0 Å². The lowest BCUT2D eigenvalue weighted by Crippen LogP contribution is -2.00. The summed E-state index contributed by atoms with van der Waals surface area (Å²) in [5, 5.41) is 1.06. The molecule has 0 radical (unpaired) electrons. The Morgan fingerprint density at radius 2 is 1.90 bits per heavy atom. The van der Waals surface area contributed by atoms with Crippen LogP contribution in [0.15, 0.2) is 74.5 Å². The molecule has 0 aliphatic carbocycles. The zero-order chi connectivity index (χ0) is 20.4. The van der Waals surface area contributed by atoms with Gasteiger partial charge in [0.1, 0.15) is 17.9 Å². The van der Waals surface area contributed by atoms with Crippen molar-refractivity contribution in [2.24, 2.45) is 0 Å². The van der Waals surface area contributed by atoms with E-state index < -0.39 is 11.6 Å². The van der Waals surface area contributed by atoms with E-state index in [4.69, 9.17) is 25.2 Å². The van der Waals surface area contributed by atoms with Crippen LogP contribution in [0.25, 0.3) is 22.1 Å². The number of halogens is 1. The Labute approximate surface area is 170 Å². The van der Waals surface area contributed by atoms with E-state index in [0.29, 0.717) is 27.3 Å². The van der Waals surface area contributed by atoms with Gasteiger partial charge in [-0.1, -0.05) is 41.9 Å². The molecule has 29 heavy (non-hydrogen) atoms. The number of furan rings is 1. The van der Waals surface area contributed by atoms with Crippen molar-refractivity contribution in [2.75, 3.05) is 7.11 Å². The van der Waals surface area contributed by atoms with Crippen molar-refractivity contribution in [1.29, 1.82) is 0 Å². The highest BCUT2D eigenvalue weighted by Gasteiger charge is 2.14. The van der Waals surface area contributed by atoms with Gasteiger partial charge in [-0.3, -0.25) is 0 Å². The fourth-order valence-corrected chi connectivity index (χ4v) is 3.17. The van der Waals surface area contributed by atoms with Crippen LogP contribution in [0.3, 0.4) is 0 Å². The first-order chi connectivity index (χ1) is 14.0. The first kappa shape index (κ1) is 18.8. The number of esters is 1. The summed E-state index contributed by atoms with van der Waals surface area (Å²) in [7, 11) is 1.27. The highest BCUT2D eigenvalue weighted by molar-refractivity contribution is 6.33. The summed E-state index contributed by atoms with van der Waals surface area (Å²) in [6.07, 6.45) is 1.40. The topological polar surface area (TPSA) is 78.9 Å². The molecule has 0 bridgehead atoms. The maximum absolute atomic E-state index is 12.1. The second-order valence-corrected chi connectivity index (χ2v) is 6.63. The molecule has 4 rings (SSSR count). The molecule has 0 amide bonds. The van der Waals surface area contributed by atoms with E-state index in [2.05, 4.69) is 4.74 Å². The van der Waals surface area contributed by atoms with E-state index in [-0.39, 0.29) is 12.4 Å². The van der Waals surface area contributed by atoms with Gasteiger partial charge in [0.2, 0.25) is 5.76 Å². The molecule has 0 unspecified atom stereocenters. The van der Waals surface area contributed by atoms with Crippen LogP contribution in [0.4, 0.5) is 0 Å². The van der Waals surface area contributed by atoms with Crippen LogP contribution in [0, 0.1) is 0 Å². The smallest absolute Gasteiger partial charge is 0.373 e. The number of hydrogen-bond acceptors (Lipinski definition) is 6. The molecule has 0 saturated heterocycles. The molecule has 7 heteroatoms. The van der Waals surface area contributed by atoms with Gasteiger partial charge in [-0.25, -0.2) is 9.59 Å². The number of methoxy groups -OCH3 is 1. The quantitative estimate of drug-likeness (QED) is 0.337. The largest absolute Gasteiger partial charge is 0.487 e. The molecule has 2 heterocycles. The van der Waals surface area contributed by atoms with E-state index in [1.807, 2.05) is 30.3 Å². The monoisotopic (exact) mass is 410 g/mol. The lowest BCUT2D eigenvalue weighted by atomic mass is 10.0. The van der Waals surface area contributed by atoms with E-state index in [9.17, 15) is 9.59 Å². The van der Waals surface area contributed by atoms with E-state index in [1.54, 1.807) is 12.1 Å². The number of carbonyl (C=O) groups is 1. The Morgan fingerprint density at radius 3 is 2.66 bits per heavy atom. The van der Waals surface area contributed by atoms with Crippen LogP contribution < -0.4 is 10.4 Å². The molecule has 0 fully saturated rings. The van der Waals surface area contributed by atoms with Crippen molar-refractivity contribution in [2.45, 2.75) is 6.61 Å². The number of hydrogen-bond donors (Lipinski definition) is 0. The van der Waals surface area contributed by atoms with Crippen LogP contribution in [-0.2, 0) is 11.3 Å². The van der Waals surface area contributed by atoms with Gasteiger partial charge < -0.3 is 18.3 Å². The maximum atomic E-state index is 12.1.